The molecule has 2 aromatic carbocycles. The molecule has 150 valence electrons. The van der Waals surface area contributed by atoms with Gasteiger partial charge in [-0.3, -0.25) is 0 Å². The van der Waals surface area contributed by atoms with Gasteiger partial charge in [0, 0.05) is 49.7 Å². The Bertz CT molecular complexity index is 960. The van der Waals surface area contributed by atoms with Crippen LogP contribution in [0.1, 0.15) is 17.0 Å². The largest absolute Gasteiger partial charge is 0.368 e. The summed E-state index contributed by atoms with van der Waals surface area (Å²) in [6, 6.07) is 20.4. The lowest BCUT2D eigenvalue weighted by Crippen LogP contribution is -2.51. The normalized spacial score (nSPS) is 14.1. The zero-order valence-electron chi connectivity index (χ0n) is 17.0. The van der Waals surface area contributed by atoms with Crippen LogP contribution >= 0.6 is 0 Å². The van der Waals surface area contributed by atoms with Crippen LogP contribution in [0.25, 0.3) is 5.69 Å². The summed E-state index contributed by atoms with van der Waals surface area (Å²) in [5.74, 6) is 0. The second-order valence-corrected chi connectivity index (χ2v) is 7.37. The SMILES string of the molecule is Cc1nn(-c2ccccc2)c(C)c1CNC(=O)N1CCN(c2ccccc2)CC1. The fourth-order valence-corrected chi connectivity index (χ4v) is 3.83. The van der Waals surface area contributed by atoms with Gasteiger partial charge < -0.3 is 15.1 Å². The molecule has 1 aliphatic heterocycles. The van der Waals surface area contributed by atoms with E-state index in [1.807, 2.05) is 59.8 Å². The number of benzene rings is 2. The van der Waals surface area contributed by atoms with E-state index in [2.05, 4.69) is 39.6 Å². The Kier molecular flexibility index (Phi) is 5.51. The van der Waals surface area contributed by atoms with Gasteiger partial charge in [0.05, 0.1) is 11.4 Å². The lowest BCUT2D eigenvalue weighted by Gasteiger charge is -2.36. The molecule has 0 saturated carbocycles. The van der Waals surface area contributed by atoms with Crippen molar-refractivity contribution in [2.75, 3.05) is 31.1 Å². The van der Waals surface area contributed by atoms with Crippen LogP contribution in [-0.2, 0) is 6.54 Å². The highest BCUT2D eigenvalue weighted by molar-refractivity contribution is 5.74. The molecule has 6 heteroatoms. The molecule has 0 bridgehead atoms. The Labute approximate surface area is 171 Å². The fraction of sp³-hybridized carbons (Fsp3) is 0.304. The van der Waals surface area contributed by atoms with Crippen molar-refractivity contribution in [2.45, 2.75) is 20.4 Å². The lowest BCUT2D eigenvalue weighted by molar-refractivity contribution is 0.194. The molecule has 0 spiro atoms. The van der Waals surface area contributed by atoms with E-state index in [1.54, 1.807) is 0 Å². The van der Waals surface area contributed by atoms with Gasteiger partial charge in [-0.25, -0.2) is 9.48 Å². The Morgan fingerprint density at radius 2 is 1.48 bits per heavy atom. The Morgan fingerprint density at radius 1 is 0.897 bits per heavy atom. The summed E-state index contributed by atoms with van der Waals surface area (Å²) in [6.07, 6.45) is 0. The van der Waals surface area contributed by atoms with Crippen LogP contribution in [0.15, 0.2) is 60.7 Å². The van der Waals surface area contributed by atoms with E-state index in [4.69, 9.17) is 0 Å². The molecule has 29 heavy (non-hydrogen) atoms. The first-order chi connectivity index (χ1) is 14.1. The summed E-state index contributed by atoms with van der Waals surface area (Å²) in [6.45, 7) is 7.68. The Morgan fingerprint density at radius 3 is 2.10 bits per heavy atom. The van der Waals surface area contributed by atoms with Gasteiger partial charge in [-0.05, 0) is 38.1 Å². The van der Waals surface area contributed by atoms with E-state index in [-0.39, 0.29) is 6.03 Å². The van der Waals surface area contributed by atoms with Gasteiger partial charge in [0.1, 0.15) is 0 Å². The third-order valence-electron chi connectivity index (χ3n) is 5.55. The number of aryl methyl sites for hydroxylation is 1. The first kappa shape index (κ1) is 19.1. The molecule has 3 aromatic rings. The van der Waals surface area contributed by atoms with E-state index in [9.17, 15) is 4.79 Å². The van der Waals surface area contributed by atoms with E-state index in [1.165, 1.54) is 5.69 Å². The monoisotopic (exact) mass is 389 g/mol. The average Bonchev–Trinajstić information content (AvgIpc) is 3.07. The first-order valence-corrected chi connectivity index (χ1v) is 10.1. The number of amides is 2. The van der Waals surface area contributed by atoms with Gasteiger partial charge in [0.2, 0.25) is 0 Å². The summed E-state index contributed by atoms with van der Waals surface area (Å²) in [5.41, 5.74) is 5.32. The molecule has 2 heterocycles. The number of hydrogen-bond donors (Lipinski definition) is 1. The van der Waals surface area contributed by atoms with E-state index in [0.29, 0.717) is 6.54 Å². The number of hydrogen-bond acceptors (Lipinski definition) is 3. The second kappa shape index (κ2) is 8.39. The molecule has 0 atom stereocenters. The van der Waals surface area contributed by atoms with Crippen molar-refractivity contribution >= 4 is 11.7 Å². The maximum Gasteiger partial charge on any atom is 0.317 e. The molecule has 1 N–H and O–H groups in total. The zero-order valence-corrected chi connectivity index (χ0v) is 17.0. The zero-order chi connectivity index (χ0) is 20.2. The van der Waals surface area contributed by atoms with Crippen LogP contribution in [0.2, 0.25) is 0 Å². The molecule has 6 nitrogen and oxygen atoms in total. The third kappa shape index (κ3) is 4.11. The van der Waals surface area contributed by atoms with Crippen molar-refractivity contribution in [1.82, 2.24) is 20.0 Å². The van der Waals surface area contributed by atoms with Crippen LogP contribution in [0.4, 0.5) is 10.5 Å². The Balaban J connectivity index is 1.35. The van der Waals surface area contributed by atoms with Crippen molar-refractivity contribution in [3.05, 3.63) is 77.6 Å². The van der Waals surface area contributed by atoms with Gasteiger partial charge in [-0.2, -0.15) is 5.10 Å². The summed E-state index contributed by atoms with van der Waals surface area (Å²) in [7, 11) is 0. The quantitative estimate of drug-likeness (QED) is 0.743. The summed E-state index contributed by atoms with van der Waals surface area (Å²) < 4.78 is 1.94. The van der Waals surface area contributed by atoms with Gasteiger partial charge in [-0.15, -0.1) is 0 Å². The number of carbonyl (C=O) groups excluding carboxylic acids is 1. The van der Waals surface area contributed by atoms with Crippen LogP contribution < -0.4 is 10.2 Å². The molecule has 0 unspecified atom stereocenters. The van der Waals surface area contributed by atoms with Crippen LogP contribution in [-0.4, -0.2) is 46.9 Å². The number of nitrogens with zero attached hydrogens (tertiary/aromatic N) is 4. The molecule has 1 saturated heterocycles. The highest BCUT2D eigenvalue weighted by Gasteiger charge is 2.22. The number of urea groups is 1. The standard InChI is InChI=1S/C23H27N5O/c1-18-22(19(2)28(25-18)21-11-7-4-8-12-21)17-24-23(29)27-15-13-26(14-16-27)20-9-5-3-6-10-20/h3-12H,13-17H2,1-2H3,(H,24,29). The smallest absolute Gasteiger partial charge is 0.317 e. The Hall–Kier alpha value is -3.28. The molecule has 0 aliphatic carbocycles. The van der Waals surface area contributed by atoms with E-state index >= 15 is 0 Å². The minimum Gasteiger partial charge on any atom is -0.368 e. The molecule has 0 radical (unpaired) electrons. The van der Waals surface area contributed by atoms with Crippen molar-refractivity contribution in [2.24, 2.45) is 0 Å². The van der Waals surface area contributed by atoms with E-state index < -0.39 is 0 Å². The predicted octanol–water partition coefficient (Wildman–Crippen LogP) is 3.52. The maximum atomic E-state index is 12.7. The third-order valence-corrected chi connectivity index (χ3v) is 5.55. The van der Waals surface area contributed by atoms with Gasteiger partial charge in [0.25, 0.3) is 0 Å². The highest BCUT2D eigenvalue weighted by Crippen LogP contribution is 2.18. The molecule has 1 aliphatic rings. The minimum absolute atomic E-state index is 0.0102. The molecular formula is C23H27N5O. The number of piperazine rings is 1. The second-order valence-electron chi connectivity index (χ2n) is 7.37. The van der Waals surface area contributed by atoms with Crippen molar-refractivity contribution in [3.63, 3.8) is 0 Å². The maximum absolute atomic E-state index is 12.7. The van der Waals surface area contributed by atoms with Gasteiger partial charge >= 0.3 is 6.03 Å². The number of carbonyl (C=O) groups is 1. The number of anilines is 1. The number of rotatable bonds is 4. The molecular weight excluding hydrogens is 362 g/mol. The van der Waals surface area contributed by atoms with Crippen molar-refractivity contribution in [3.8, 4) is 5.69 Å². The van der Waals surface area contributed by atoms with Gasteiger partial charge in [-0.1, -0.05) is 36.4 Å². The predicted molar refractivity (Wildman–Crippen MR) is 116 cm³/mol. The fourth-order valence-electron chi connectivity index (χ4n) is 3.83. The van der Waals surface area contributed by atoms with Crippen molar-refractivity contribution < 1.29 is 4.79 Å². The number of aromatic nitrogens is 2. The topological polar surface area (TPSA) is 53.4 Å². The highest BCUT2D eigenvalue weighted by atomic mass is 16.2. The average molecular weight is 390 g/mol. The molecule has 2 amide bonds. The van der Waals surface area contributed by atoms with E-state index in [0.717, 1.165) is 48.8 Å². The van der Waals surface area contributed by atoms with Crippen LogP contribution in [0, 0.1) is 13.8 Å². The molecule has 4 rings (SSSR count). The van der Waals surface area contributed by atoms with Crippen LogP contribution in [0.3, 0.4) is 0 Å². The summed E-state index contributed by atoms with van der Waals surface area (Å²) in [4.78, 5) is 16.9. The van der Waals surface area contributed by atoms with Gasteiger partial charge in [0.15, 0.2) is 0 Å². The minimum atomic E-state index is -0.0102. The lowest BCUT2D eigenvalue weighted by atomic mass is 10.2. The number of nitrogens with one attached hydrogen (secondary N) is 1. The molecule has 1 fully saturated rings. The van der Waals surface area contributed by atoms with Crippen LogP contribution in [0.5, 0.6) is 0 Å². The van der Waals surface area contributed by atoms with Crippen molar-refractivity contribution in [1.29, 1.82) is 0 Å². The number of para-hydroxylation sites is 2. The molecule has 1 aromatic heterocycles. The summed E-state index contributed by atoms with van der Waals surface area (Å²) in [5, 5.41) is 7.74. The first-order valence-electron chi connectivity index (χ1n) is 10.1. The summed E-state index contributed by atoms with van der Waals surface area (Å²) >= 11 is 0.